The van der Waals surface area contributed by atoms with Crippen molar-refractivity contribution in [2.24, 2.45) is 0 Å². The maximum Gasteiger partial charge on any atom is 0.265 e. The van der Waals surface area contributed by atoms with E-state index in [-0.39, 0.29) is 0 Å². The van der Waals surface area contributed by atoms with Crippen LogP contribution in [0.3, 0.4) is 0 Å². The lowest BCUT2D eigenvalue weighted by Crippen LogP contribution is -2.49. The molecule has 0 spiro atoms. The lowest BCUT2D eigenvalue weighted by molar-refractivity contribution is 0.140. The van der Waals surface area contributed by atoms with Crippen molar-refractivity contribution in [3.8, 4) is 5.75 Å². The molecule has 0 atom stereocenters. The molecule has 0 saturated heterocycles. The van der Waals surface area contributed by atoms with Gasteiger partial charge in [-0.25, -0.2) is 0 Å². The van der Waals surface area contributed by atoms with E-state index in [1.54, 1.807) is 0 Å². The summed E-state index contributed by atoms with van der Waals surface area (Å²) < 4.78 is 6.43. The van der Waals surface area contributed by atoms with Crippen LogP contribution in [0.4, 0.5) is 0 Å². The number of benzene rings is 1. The second kappa shape index (κ2) is 11.8. The third kappa shape index (κ3) is 6.20. The van der Waals surface area contributed by atoms with Crippen LogP contribution in [0.2, 0.25) is 0 Å². The molecular weight excluding hydrogens is 362 g/mol. The van der Waals surface area contributed by atoms with E-state index in [1.165, 1.54) is 95.5 Å². The molecule has 0 heterocycles. The monoisotopic (exact) mass is 401 g/mol. The Kier molecular flexibility index (Phi) is 9.11. The standard InChI is InChI=1S/C25H39NOS/c1-2-3-4-7-14-21-15-12-13-20-24(21)27-25(28)26(22-16-8-5-9-17-22)23-18-10-6-11-19-23/h12-13,15,20,22-23H,2-11,14,16-19H2,1H3. The normalized spacial score (nSPS) is 18.8. The van der Waals surface area contributed by atoms with Crippen molar-refractivity contribution in [2.45, 2.75) is 115 Å². The zero-order chi connectivity index (χ0) is 19.6. The Bertz CT molecular complexity index is 572. The molecule has 1 aromatic rings. The van der Waals surface area contributed by atoms with E-state index in [4.69, 9.17) is 17.0 Å². The SMILES string of the molecule is CCCCCCc1ccccc1OC(=S)N(C1CCCCC1)C1CCCCC1. The number of thiocarbonyl (C=S) groups is 1. The van der Waals surface area contributed by atoms with Gasteiger partial charge in [-0.05, 0) is 62.4 Å². The van der Waals surface area contributed by atoms with E-state index in [0.717, 1.165) is 17.3 Å². The first kappa shape index (κ1) is 21.6. The summed E-state index contributed by atoms with van der Waals surface area (Å²) in [5, 5.41) is 0.736. The van der Waals surface area contributed by atoms with Gasteiger partial charge in [0.15, 0.2) is 0 Å². The first-order valence-electron chi connectivity index (χ1n) is 11.9. The van der Waals surface area contributed by atoms with Gasteiger partial charge in [0, 0.05) is 12.1 Å². The molecule has 2 aliphatic rings. The summed E-state index contributed by atoms with van der Waals surface area (Å²) in [5.41, 5.74) is 1.31. The Morgan fingerprint density at radius 1 is 0.893 bits per heavy atom. The van der Waals surface area contributed by atoms with Gasteiger partial charge in [0.25, 0.3) is 5.17 Å². The number of unbranched alkanes of at least 4 members (excludes halogenated alkanes) is 3. The smallest absolute Gasteiger partial charge is 0.265 e. The van der Waals surface area contributed by atoms with Gasteiger partial charge in [0.05, 0.1) is 0 Å². The van der Waals surface area contributed by atoms with Crippen molar-refractivity contribution in [1.29, 1.82) is 0 Å². The third-order valence-electron chi connectivity index (χ3n) is 6.62. The molecular formula is C25H39NOS. The summed E-state index contributed by atoms with van der Waals surface area (Å²) in [4.78, 5) is 2.53. The zero-order valence-corrected chi connectivity index (χ0v) is 18.7. The maximum atomic E-state index is 6.43. The van der Waals surface area contributed by atoms with E-state index in [9.17, 15) is 0 Å². The number of para-hydroxylation sites is 1. The van der Waals surface area contributed by atoms with Gasteiger partial charge < -0.3 is 9.64 Å². The average Bonchev–Trinajstić information content (AvgIpc) is 2.74. The van der Waals surface area contributed by atoms with Gasteiger partial charge in [-0.2, -0.15) is 0 Å². The molecule has 1 aromatic carbocycles. The fraction of sp³-hybridized carbons (Fsp3) is 0.720. The number of hydrogen-bond acceptors (Lipinski definition) is 2. The summed E-state index contributed by atoms with van der Waals surface area (Å²) in [6.07, 6.45) is 19.4. The zero-order valence-electron chi connectivity index (χ0n) is 17.8. The van der Waals surface area contributed by atoms with Gasteiger partial charge in [-0.3, -0.25) is 0 Å². The highest BCUT2D eigenvalue weighted by molar-refractivity contribution is 7.80. The van der Waals surface area contributed by atoms with Crippen molar-refractivity contribution >= 4 is 17.4 Å². The van der Waals surface area contributed by atoms with Crippen molar-refractivity contribution in [1.82, 2.24) is 4.90 Å². The van der Waals surface area contributed by atoms with E-state index in [0.29, 0.717) is 12.1 Å². The van der Waals surface area contributed by atoms with E-state index < -0.39 is 0 Å². The average molecular weight is 402 g/mol. The molecule has 2 nitrogen and oxygen atoms in total. The first-order valence-corrected chi connectivity index (χ1v) is 12.3. The van der Waals surface area contributed by atoms with E-state index in [2.05, 4.69) is 36.1 Å². The van der Waals surface area contributed by atoms with Crippen molar-refractivity contribution in [2.75, 3.05) is 0 Å². The highest BCUT2D eigenvalue weighted by Crippen LogP contribution is 2.32. The van der Waals surface area contributed by atoms with E-state index >= 15 is 0 Å². The second-order valence-corrected chi connectivity index (χ2v) is 9.13. The highest BCUT2D eigenvalue weighted by Gasteiger charge is 2.31. The van der Waals surface area contributed by atoms with Gasteiger partial charge in [0.1, 0.15) is 5.75 Å². The second-order valence-electron chi connectivity index (χ2n) is 8.78. The van der Waals surface area contributed by atoms with Crippen LogP contribution in [0.1, 0.15) is 102 Å². The van der Waals surface area contributed by atoms with E-state index in [1.807, 2.05) is 0 Å². The van der Waals surface area contributed by atoms with Gasteiger partial charge >= 0.3 is 0 Å². The predicted octanol–water partition coefficient (Wildman–Crippen LogP) is 7.44. The Morgan fingerprint density at radius 3 is 2.11 bits per heavy atom. The minimum absolute atomic E-state index is 0.584. The first-order chi connectivity index (χ1) is 13.8. The lowest BCUT2D eigenvalue weighted by Gasteiger charge is -2.42. The molecule has 2 aliphatic carbocycles. The number of ether oxygens (including phenoxy) is 1. The molecule has 0 radical (unpaired) electrons. The predicted molar refractivity (Wildman–Crippen MR) is 123 cm³/mol. The minimum atomic E-state index is 0.584. The fourth-order valence-electron chi connectivity index (χ4n) is 5.01. The fourth-order valence-corrected chi connectivity index (χ4v) is 5.40. The molecule has 0 aliphatic heterocycles. The van der Waals surface area contributed by atoms with Crippen molar-refractivity contribution in [3.05, 3.63) is 29.8 Å². The highest BCUT2D eigenvalue weighted by atomic mass is 32.1. The van der Waals surface area contributed by atoms with Crippen molar-refractivity contribution in [3.63, 3.8) is 0 Å². The Hall–Kier alpha value is -1.09. The van der Waals surface area contributed by atoms with Crippen LogP contribution in [0.15, 0.2) is 24.3 Å². The van der Waals surface area contributed by atoms with Crippen LogP contribution in [0.5, 0.6) is 5.75 Å². The van der Waals surface area contributed by atoms with Gasteiger partial charge in [-0.15, -0.1) is 0 Å². The molecule has 0 bridgehead atoms. The minimum Gasteiger partial charge on any atom is -0.431 e. The summed E-state index contributed by atoms with van der Waals surface area (Å²) in [5.74, 6) is 0.987. The number of rotatable bonds is 8. The molecule has 3 heteroatoms. The molecule has 0 unspecified atom stereocenters. The van der Waals surface area contributed by atoms with Gasteiger partial charge in [-0.1, -0.05) is 82.9 Å². The number of hydrogen-bond donors (Lipinski definition) is 0. The number of aryl methyl sites for hydroxylation is 1. The molecule has 0 amide bonds. The molecule has 0 N–H and O–H groups in total. The molecule has 3 rings (SSSR count). The maximum absolute atomic E-state index is 6.43. The Balaban J connectivity index is 1.68. The Labute approximate surface area is 178 Å². The van der Waals surface area contributed by atoms with Crippen LogP contribution < -0.4 is 4.74 Å². The quantitative estimate of drug-likeness (QED) is 0.332. The lowest BCUT2D eigenvalue weighted by atomic mass is 9.89. The van der Waals surface area contributed by atoms with Crippen LogP contribution in [-0.2, 0) is 6.42 Å². The summed E-state index contributed by atoms with van der Waals surface area (Å²) in [6, 6.07) is 9.71. The summed E-state index contributed by atoms with van der Waals surface area (Å²) >= 11 is 5.94. The molecule has 0 aromatic heterocycles. The van der Waals surface area contributed by atoms with Crippen LogP contribution in [0.25, 0.3) is 0 Å². The van der Waals surface area contributed by atoms with Crippen molar-refractivity contribution < 1.29 is 4.74 Å². The van der Waals surface area contributed by atoms with Crippen LogP contribution >= 0.6 is 12.2 Å². The molecule has 2 saturated carbocycles. The molecule has 156 valence electrons. The largest absolute Gasteiger partial charge is 0.431 e. The summed E-state index contributed by atoms with van der Waals surface area (Å²) in [6.45, 7) is 2.26. The molecule has 28 heavy (non-hydrogen) atoms. The summed E-state index contributed by atoms with van der Waals surface area (Å²) in [7, 11) is 0. The Morgan fingerprint density at radius 2 is 1.50 bits per heavy atom. The topological polar surface area (TPSA) is 12.5 Å². The number of nitrogens with zero attached hydrogens (tertiary/aromatic N) is 1. The third-order valence-corrected chi connectivity index (χ3v) is 6.91. The van der Waals surface area contributed by atoms with Gasteiger partial charge in [0.2, 0.25) is 0 Å². The van der Waals surface area contributed by atoms with Crippen LogP contribution in [-0.4, -0.2) is 22.2 Å². The van der Waals surface area contributed by atoms with Crippen LogP contribution in [0, 0.1) is 0 Å². The molecule has 2 fully saturated rings.